The molecule has 8 nitrogen and oxygen atoms in total. The van der Waals surface area contributed by atoms with Crippen LogP contribution in [0.15, 0.2) is 0 Å². The van der Waals surface area contributed by atoms with Gasteiger partial charge in [-0.15, -0.1) is 0 Å². The molecule has 0 aromatic heterocycles. The van der Waals surface area contributed by atoms with E-state index < -0.39 is 22.3 Å². The Morgan fingerprint density at radius 1 is 1.62 bits per heavy atom. The first kappa shape index (κ1) is 14.6. The zero-order chi connectivity index (χ0) is 12.9. The fourth-order valence-corrected chi connectivity index (χ4v) is 1.89. The van der Waals surface area contributed by atoms with Gasteiger partial charge in [0.1, 0.15) is 0 Å². The lowest BCUT2D eigenvalue weighted by atomic mass is 10.2. The molecule has 0 spiro atoms. The summed E-state index contributed by atoms with van der Waals surface area (Å²) in [6.07, 6.45) is -0.986. The van der Waals surface area contributed by atoms with E-state index in [1.54, 1.807) is 11.6 Å². The van der Waals surface area contributed by atoms with Gasteiger partial charge in [-0.05, 0) is 6.92 Å². The molecule has 0 aliphatic carbocycles. The van der Waals surface area contributed by atoms with Crippen LogP contribution in [0.3, 0.4) is 0 Å². The fraction of sp³-hybridized carbons (Fsp3) is 0.714. The van der Waals surface area contributed by atoms with E-state index >= 15 is 0 Å². The predicted molar refractivity (Wildman–Crippen MR) is 58.2 cm³/mol. The number of amidine groups is 1. The van der Waals surface area contributed by atoms with Crippen LogP contribution in [0.25, 0.3) is 0 Å². The molecule has 4 N–H and O–H groups in total. The summed E-state index contributed by atoms with van der Waals surface area (Å²) in [5, 5.41) is 7.04. The van der Waals surface area contributed by atoms with Crippen molar-refractivity contribution in [2.75, 3.05) is 14.2 Å². The number of carbonyl (C=O) groups excluding carboxylic acids is 1. The molecule has 94 valence electrons. The van der Waals surface area contributed by atoms with Crippen molar-refractivity contribution in [3.05, 3.63) is 0 Å². The predicted octanol–water partition coefficient (Wildman–Crippen LogP) is -0.766. The molecule has 0 aromatic rings. The van der Waals surface area contributed by atoms with Crippen LogP contribution < -0.4 is 10.5 Å². The molecule has 0 rings (SSSR count). The minimum atomic E-state index is -3.96. The molecule has 1 amide bonds. The van der Waals surface area contributed by atoms with Crippen LogP contribution in [0, 0.1) is 5.41 Å². The number of carbonyl (C=O) groups is 1. The summed E-state index contributed by atoms with van der Waals surface area (Å²) < 4.78 is 29.8. The standard InChI is InChI=1S/C7H16N4O4S/c1-5(4-6(8)9)11(2)16(13,14)10-7(12)15-3/h5H,4H2,1-3H3,(H3,8,9)(H,10,12). The van der Waals surface area contributed by atoms with Gasteiger partial charge in [-0.25, -0.2) is 9.52 Å². The first-order valence-corrected chi connectivity index (χ1v) is 5.81. The minimum absolute atomic E-state index is 0.0819. The smallest absolute Gasteiger partial charge is 0.421 e. The van der Waals surface area contributed by atoms with Crippen molar-refractivity contribution in [1.29, 1.82) is 5.41 Å². The van der Waals surface area contributed by atoms with Gasteiger partial charge in [-0.3, -0.25) is 5.41 Å². The molecule has 0 radical (unpaired) electrons. The number of nitrogens with one attached hydrogen (secondary N) is 2. The van der Waals surface area contributed by atoms with Crippen LogP contribution in [-0.4, -0.2) is 44.9 Å². The van der Waals surface area contributed by atoms with Crippen molar-refractivity contribution >= 4 is 22.1 Å². The molecule has 16 heavy (non-hydrogen) atoms. The van der Waals surface area contributed by atoms with E-state index in [-0.39, 0.29) is 12.3 Å². The Bertz CT molecular complexity index is 367. The topological polar surface area (TPSA) is 126 Å². The average Bonchev–Trinajstić information content (AvgIpc) is 2.14. The quantitative estimate of drug-likeness (QED) is 0.437. The summed E-state index contributed by atoms with van der Waals surface area (Å²) in [6.45, 7) is 1.57. The molecule has 9 heteroatoms. The molecule has 0 heterocycles. The maximum Gasteiger partial charge on any atom is 0.421 e. The van der Waals surface area contributed by atoms with Crippen LogP contribution in [0.1, 0.15) is 13.3 Å². The zero-order valence-corrected chi connectivity index (χ0v) is 10.2. The normalized spacial score (nSPS) is 13.2. The van der Waals surface area contributed by atoms with Crippen LogP contribution >= 0.6 is 0 Å². The maximum atomic E-state index is 11.5. The molecule has 0 saturated heterocycles. The van der Waals surface area contributed by atoms with E-state index in [9.17, 15) is 13.2 Å². The Morgan fingerprint density at radius 2 is 2.12 bits per heavy atom. The molecular formula is C7H16N4O4S. The van der Waals surface area contributed by atoms with Crippen molar-refractivity contribution in [3.63, 3.8) is 0 Å². The van der Waals surface area contributed by atoms with Gasteiger partial charge < -0.3 is 10.5 Å². The third-order valence-electron chi connectivity index (χ3n) is 1.91. The Balaban J connectivity index is 4.63. The van der Waals surface area contributed by atoms with Crippen molar-refractivity contribution in [2.24, 2.45) is 5.73 Å². The lowest BCUT2D eigenvalue weighted by Crippen LogP contribution is -2.46. The summed E-state index contributed by atoms with van der Waals surface area (Å²) in [6, 6.07) is -0.528. The highest BCUT2D eigenvalue weighted by molar-refractivity contribution is 7.87. The van der Waals surface area contributed by atoms with Gasteiger partial charge in [0, 0.05) is 19.5 Å². The highest BCUT2D eigenvalue weighted by Gasteiger charge is 2.25. The Kier molecular flexibility index (Phi) is 5.18. The van der Waals surface area contributed by atoms with Crippen LogP contribution in [-0.2, 0) is 14.9 Å². The summed E-state index contributed by atoms with van der Waals surface area (Å²) >= 11 is 0. The van der Waals surface area contributed by atoms with Crippen molar-refractivity contribution < 1.29 is 17.9 Å². The lowest BCUT2D eigenvalue weighted by Gasteiger charge is -2.23. The van der Waals surface area contributed by atoms with E-state index in [0.717, 1.165) is 11.4 Å². The van der Waals surface area contributed by atoms with Crippen molar-refractivity contribution in [1.82, 2.24) is 9.03 Å². The monoisotopic (exact) mass is 252 g/mol. The number of hydrogen-bond donors (Lipinski definition) is 3. The number of nitrogens with zero attached hydrogens (tertiary/aromatic N) is 1. The summed E-state index contributed by atoms with van der Waals surface area (Å²) in [5.41, 5.74) is 5.15. The van der Waals surface area contributed by atoms with Gasteiger partial charge in [0.25, 0.3) is 0 Å². The second-order valence-electron chi connectivity index (χ2n) is 3.19. The Hall–Kier alpha value is -1.35. The van der Waals surface area contributed by atoms with E-state index in [1.807, 2.05) is 0 Å². The number of amides is 1. The number of hydrogen-bond acceptors (Lipinski definition) is 5. The minimum Gasteiger partial charge on any atom is -0.452 e. The molecule has 0 aromatic carbocycles. The van der Waals surface area contributed by atoms with Gasteiger partial charge >= 0.3 is 16.3 Å². The lowest BCUT2D eigenvalue weighted by molar-refractivity contribution is 0.177. The second-order valence-corrected chi connectivity index (χ2v) is 4.92. The van der Waals surface area contributed by atoms with Crippen molar-refractivity contribution in [3.8, 4) is 0 Å². The summed E-state index contributed by atoms with van der Waals surface area (Å²) in [7, 11) is -1.62. The highest BCUT2D eigenvalue weighted by atomic mass is 32.2. The third-order valence-corrected chi connectivity index (χ3v) is 3.46. The molecule has 0 aliphatic rings. The number of rotatable bonds is 5. The van der Waals surface area contributed by atoms with Gasteiger partial charge in [0.05, 0.1) is 12.9 Å². The summed E-state index contributed by atoms with van der Waals surface area (Å²) in [5.74, 6) is -0.132. The number of methoxy groups -OCH3 is 1. The van der Waals surface area contributed by atoms with Gasteiger partial charge in [0.2, 0.25) is 0 Å². The third kappa shape index (κ3) is 4.45. The van der Waals surface area contributed by atoms with Gasteiger partial charge in [-0.2, -0.15) is 12.7 Å². The maximum absolute atomic E-state index is 11.5. The largest absolute Gasteiger partial charge is 0.452 e. The van der Waals surface area contributed by atoms with E-state index in [4.69, 9.17) is 11.1 Å². The Morgan fingerprint density at radius 3 is 2.50 bits per heavy atom. The second kappa shape index (κ2) is 5.66. The molecule has 0 bridgehead atoms. The average molecular weight is 252 g/mol. The molecule has 0 saturated carbocycles. The zero-order valence-electron chi connectivity index (χ0n) is 9.35. The fourth-order valence-electron chi connectivity index (χ4n) is 0.903. The first-order valence-electron chi connectivity index (χ1n) is 4.37. The molecule has 1 atom stereocenters. The number of ether oxygens (including phenoxy) is 1. The van der Waals surface area contributed by atoms with E-state index in [1.165, 1.54) is 7.05 Å². The van der Waals surface area contributed by atoms with Crippen molar-refractivity contribution in [2.45, 2.75) is 19.4 Å². The molecular weight excluding hydrogens is 236 g/mol. The Labute approximate surface area is 94.4 Å². The highest BCUT2D eigenvalue weighted by Crippen LogP contribution is 2.05. The summed E-state index contributed by atoms with van der Waals surface area (Å²) in [4.78, 5) is 10.8. The van der Waals surface area contributed by atoms with E-state index in [0.29, 0.717) is 0 Å². The van der Waals surface area contributed by atoms with E-state index in [2.05, 4.69) is 4.74 Å². The number of nitrogens with two attached hydrogens (primary N) is 1. The van der Waals surface area contributed by atoms with Crippen LogP contribution in [0.2, 0.25) is 0 Å². The first-order chi connectivity index (χ1) is 7.20. The van der Waals surface area contributed by atoms with Gasteiger partial charge in [-0.1, -0.05) is 0 Å². The van der Waals surface area contributed by atoms with Crippen LogP contribution in [0.4, 0.5) is 4.79 Å². The van der Waals surface area contributed by atoms with Crippen LogP contribution in [0.5, 0.6) is 0 Å². The molecule has 0 fully saturated rings. The molecule has 1 unspecified atom stereocenters. The SMILES string of the molecule is COC(=O)NS(=O)(=O)N(C)C(C)CC(=N)N. The van der Waals surface area contributed by atoms with Gasteiger partial charge in [0.15, 0.2) is 0 Å². The molecule has 0 aliphatic heterocycles.